The van der Waals surface area contributed by atoms with Crippen molar-refractivity contribution in [1.82, 2.24) is 4.90 Å². The van der Waals surface area contributed by atoms with Crippen LogP contribution in [0.2, 0.25) is 0 Å². The fourth-order valence-electron chi connectivity index (χ4n) is 3.60. The number of ether oxygens (including phenoxy) is 3. The first-order valence-electron chi connectivity index (χ1n) is 10.8. The van der Waals surface area contributed by atoms with Crippen molar-refractivity contribution in [2.45, 2.75) is 58.8 Å². The molecule has 0 N–H and O–H groups in total. The molecule has 1 aromatic rings. The number of benzene rings is 1. The van der Waals surface area contributed by atoms with Crippen LogP contribution in [-0.2, 0) is 14.3 Å². The van der Waals surface area contributed by atoms with E-state index in [4.69, 9.17) is 14.2 Å². The van der Waals surface area contributed by atoms with Crippen LogP contribution in [0.15, 0.2) is 34.5 Å². The summed E-state index contributed by atoms with van der Waals surface area (Å²) in [7, 11) is 0. The van der Waals surface area contributed by atoms with Gasteiger partial charge in [-0.1, -0.05) is 31.2 Å². The van der Waals surface area contributed by atoms with Crippen LogP contribution in [-0.4, -0.2) is 47.0 Å². The van der Waals surface area contributed by atoms with E-state index < -0.39 is 12.0 Å². The number of unbranched alkanes of at least 4 members (excludes halogenated alkanes) is 1. The summed E-state index contributed by atoms with van der Waals surface area (Å²) in [5.74, 6) is 0.696. The molecule has 2 aliphatic heterocycles. The SMILES string of the molecule is CCCCOc1ccc(C2C(C(=O)OCC)=C(C)N=C3SC(C)C(=O)N32)cc1OCC. The van der Waals surface area contributed by atoms with E-state index >= 15 is 0 Å². The van der Waals surface area contributed by atoms with Gasteiger partial charge in [0.2, 0.25) is 5.91 Å². The molecular formula is C23H30N2O5S. The van der Waals surface area contributed by atoms with Gasteiger partial charge < -0.3 is 14.2 Å². The van der Waals surface area contributed by atoms with Crippen LogP contribution in [0, 0.1) is 0 Å². The number of amidine groups is 1. The number of amides is 1. The number of allylic oxidation sites excluding steroid dienone is 1. The van der Waals surface area contributed by atoms with Gasteiger partial charge in [-0.15, -0.1) is 0 Å². The topological polar surface area (TPSA) is 77.4 Å². The quantitative estimate of drug-likeness (QED) is 0.411. The molecule has 2 atom stereocenters. The largest absolute Gasteiger partial charge is 0.490 e. The number of thioether (sulfide) groups is 1. The number of hydrogen-bond donors (Lipinski definition) is 0. The minimum atomic E-state index is -0.625. The summed E-state index contributed by atoms with van der Waals surface area (Å²) in [6.45, 7) is 10.7. The second-order valence-electron chi connectivity index (χ2n) is 7.33. The Morgan fingerprint density at radius 2 is 1.94 bits per heavy atom. The van der Waals surface area contributed by atoms with E-state index in [2.05, 4.69) is 11.9 Å². The van der Waals surface area contributed by atoms with Crippen LogP contribution in [0.3, 0.4) is 0 Å². The molecule has 0 radical (unpaired) electrons. The Morgan fingerprint density at radius 3 is 2.61 bits per heavy atom. The van der Waals surface area contributed by atoms with Gasteiger partial charge in [-0.05, 0) is 51.8 Å². The summed E-state index contributed by atoms with van der Waals surface area (Å²) in [5, 5.41) is 0.341. The number of rotatable bonds is 9. The van der Waals surface area contributed by atoms with Gasteiger partial charge >= 0.3 is 5.97 Å². The first-order chi connectivity index (χ1) is 14.9. The number of carbonyl (C=O) groups is 2. The highest BCUT2D eigenvalue weighted by atomic mass is 32.2. The van der Waals surface area contributed by atoms with Crippen LogP contribution in [0.4, 0.5) is 0 Å². The van der Waals surface area contributed by atoms with E-state index in [0.29, 0.717) is 41.2 Å². The minimum absolute atomic E-state index is 0.0794. The van der Waals surface area contributed by atoms with Crippen molar-refractivity contribution in [3.8, 4) is 11.5 Å². The Bertz CT molecular complexity index is 911. The highest BCUT2D eigenvalue weighted by Crippen LogP contribution is 2.44. The smallest absolute Gasteiger partial charge is 0.338 e. The van der Waals surface area contributed by atoms with E-state index in [9.17, 15) is 9.59 Å². The number of fused-ring (bicyclic) bond motifs is 1. The molecular weight excluding hydrogens is 416 g/mol. The average Bonchev–Trinajstić information content (AvgIpc) is 3.01. The lowest BCUT2D eigenvalue weighted by Gasteiger charge is -2.33. The minimum Gasteiger partial charge on any atom is -0.490 e. The molecule has 1 saturated heterocycles. The van der Waals surface area contributed by atoms with Crippen molar-refractivity contribution in [2.24, 2.45) is 4.99 Å². The van der Waals surface area contributed by atoms with Crippen molar-refractivity contribution in [3.05, 3.63) is 35.0 Å². The molecule has 31 heavy (non-hydrogen) atoms. The average molecular weight is 447 g/mol. The van der Waals surface area contributed by atoms with Gasteiger partial charge in [0.05, 0.1) is 42.4 Å². The Labute approximate surface area is 187 Å². The van der Waals surface area contributed by atoms with Crippen molar-refractivity contribution in [1.29, 1.82) is 0 Å². The van der Waals surface area contributed by atoms with Crippen molar-refractivity contribution >= 4 is 28.8 Å². The maximum Gasteiger partial charge on any atom is 0.338 e. The summed E-state index contributed by atoms with van der Waals surface area (Å²) < 4.78 is 17.0. The van der Waals surface area contributed by atoms with E-state index in [-0.39, 0.29) is 17.8 Å². The second-order valence-corrected chi connectivity index (χ2v) is 8.63. The highest BCUT2D eigenvalue weighted by molar-refractivity contribution is 8.15. The molecule has 7 nitrogen and oxygen atoms in total. The molecule has 1 amide bonds. The van der Waals surface area contributed by atoms with E-state index in [0.717, 1.165) is 18.4 Å². The van der Waals surface area contributed by atoms with Gasteiger partial charge in [0.15, 0.2) is 16.7 Å². The number of esters is 1. The van der Waals surface area contributed by atoms with E-state index in [1.165, 1.54) is 11.8 Å². The summed E-state index contributed by atoms with van der Waals surface area (Å²) in [6, 6.07) is 4.95. The van der Waals surface area contributed by atoms with Gasteiger partial charge in [0.25, 0.3) is 0 Å². The van der Waals surface area contributed by atoms with Crippen LogP contribution in [0.25, 0.3) is 0 Å². The molecule has 2 heterocycles. The zero-order valence-corrected chi connectivity index (χ0v) is 19.6. The zero-order valence-electron chi connectivity index (χ0n) is 18.8. The van der Waals surface area contributed by atoms with Crippen molar-refractivity contribution < 1.29 is 23.8 Å². The van der Waals surface area contributed by atoms with E-state index in [1.54, 1.807) is 18.7 Å². The third kappa shape index (κ3) is 4.74. The number of aliphatic imine (C=N–C) groups is 1. The molecule has 8 heteroatoms. The van der Waals surface area contributed by atoms with Crippen molar-refractivity contribution in [3.63, 3.8) is 0 Å². The molecule has 3 rings (SSSR count). The molecule has 1 fully saturated rings. The van der Waals surface area contributed by atoms with Crippen molar-refractivity contribution in [2.75, 3.05) is 19.8 Å². The highest BCUT2D eigenvalue weighted by Gasteiger charge is 2.46. The molecule has 0 spiro atoms. The monoisotopic (exact) mass is 446 g/mol. The molecule has 0 saturated carbocycles. The molecule has 0 bridgehead atoms. The molecule has 0 aromatic heterocycles. The van der Waals surface area contributed by atoms with Crippen LogP contribution in [0.1, 0.15) is 59.1 Å². The summed E-state index contributed by atoms with van der Waals surface area (Å²) in [5.41, 5.74) is 1.69. The fourth-order valence-corrected chi connectivity index (χ4v) is 4.63. The molecule has 2 unspecified atom stereocenters. The zero-order chi connectivity index (χ0) is 22.5. The second kappa shape index (κ2) is 10.2. The van der Waals surface area contributed by atoms with E-state index in [1.807, 2.05) is 32.0 Å². The lowest BCUT2D eigenvalue weighted by Crippen LogP contribution is -2.40. The Morgan fingerprint density at radius 1 is 1.16 bits per heavy atom. The number of hydrogen-bond acceptors (Lipinski definition) is 7. The third-order valence-corrected chi connectivity index (χ3v) is 6.15. The lowest BCUT2D eigenvalue weighted by atomic mass is 9.94. The first-order valence-corrected chi connectivity index (χ1v) is 11.7. The molecule has 2 aliphatic rings. The summed E-state index contributed by atoms with van der Waals surface area (Å²) in [4.78, 5) is 32.0. The maximum atomic E-state index is 13.0. The van der Waals surface area contributed by atoms with Crippen LogP contribution < -0.4 is 9.47 Å². The van der Waals surface area contributed by atoms with Gasteiger partial charge in [-0.2, -0.15) is 0 Å². The predicted octanol–water partition coefficient (Wildman–Crippen LogP) is 4.48. The molecule has 0 aliphatic carbocycles. The van der Waals surface area contributed by atoms with Gasteiger partial charge in [0, 0.05) is 0 Å². The van der Waals surface area contributed by atoms with Gasteiger partial charge in [-0.25, -0.2) is 9.79 Å². The normalized spacial score (nSPS) is 20.5. The number of nitrogens with zero attached hydrogens (tertiary/aromatic N) is 2. The standard InChI is InChI=1S/C23H30N2O5S/c1-6-9-12-30-17-11-10-16(13-18(17)28-7-2)20-19(22(27)29-8-3)14(4)24-23-25(20)21(26)15(5)31-23/h10-11,13,15,20H,6-9,12H2,1-5H3. The lowest BCUT2D eigenvalue weighted by molar-refractivity contribution is -0.139. The summed E-state index contributed by atoms with van der Waals surface area (Å²) >= 11 is 1.40. The summed E-state index contributed by atoms with van der Waals surface area (Å²) in [6.07, 6.45) is 1.98. The Kier molecular flexibility index (Phi) is 7.64. The Hall–Kier alpha value is -2.48. The first kappa shape index (κ1) is 23.2. The maximum absolute atomic E-state index is 13.0. The van der Waals surface area contributed by atoms with Crippen LogP contribution in [0.5, 0.6) is 11.5 Å². The fraction of sp³-hybridized carbons (Fsp3) is 0.522. The van der Waals surface area contributed by atoms with Crippen LogP contribution >= 0.6 is 11.8 Å². The van der Waals surface area contributed by atoms with Gasteiger partial charge in [0.1, 0.15) is 0 Å². The van der Waals surface area contributed by atoms with Gasteiger partial charge in [-0.3, -0.25) is 9.69 Å². The Balaban J connectivity index is 2.07. The predicted molar refractivity (Wildman–Crippen MR) is 121 cm³/mol. The molecule has 1 aromatic carbocycles. The number of carbonyl (C=O) groups excluding carboxylic acids is 2. The third-order valence-electron chi connectivity index (χ3n) is 5.09. The molecule has 168 valence electrons.